The van der Waals surface area contributed by atoms with Gasteiger partial charge in [-0.15, -0.1) is 0 Å². The molecule has 0 aromatic carbocycles. The van der Waals surface area contributed by atoms with Crippen molar-refractivity contribution in [3.05, 3.63) is 0 Å². The molecule has 0 saturated carbocycles. The van der Waals surface area contributed by atoms with E-state index in [0.717, 1.165) is 0 Å². The van der Waals surface area contributed by atoms with Gasteiger partial charge in [0.15, 0.2) is 0 Å². The fourth-order valence-corrected chi connectivity index (χ4v) is 0.324. The summed E-state index contributed by atoms with van der Waals surface area (Å²) in [6.45, 7) is 0. The van der Waals surface area contributed by atoms with E-state index in [1.54, 1.807) is 0 Å². The maximum absolute atomic E-state index is 12.1. The van der Waals surface area contributed by atoms with E-state index in [9.17, 15) is 27.4 Å². The molecule has 0 heterocycles. The predicted molar refractivity (Wildman–Crippen MR) is 24.2 cm³/mol. The van der Waals surface area contributed by atoms with Crippen molar-refractivity contribution in [1.29, 1.82) is 0 Å². The average molecular weight is 190 g/mol. The van der Waals surface area contributed by atoms with Crippen LogP contribution < -0.4 is 0 Å². The largest absolute Gasteiger partial charge is 0.386 e. The van der Waals surface area contributed by atoms with Crippen molar-refractivity contribution in [1.82, 2.24) is 0 Å². The molecule has 8 heteroatoms. The molecule has 0 amide bonds. The van der Waals surface area contributed by atoms with E-state index in [-0.39, 0.29) is 0 Å². The molecule has 4 nitrogen and oxygen atoms in total. The summed E-state index contributed by atoms with van der Waals surface area (Å²) in [5.41, 5.74) is 0. The van der Waals surface area contributed by atoms with Crippen molar-refractivity contribution in [2.24, 2.45) is 0 Å². The van der Waals surface area contributed by atoms with Gasteiger partial charge in [0, 0.05) is 9.05 Å². The Balaban J connectivity index is 4.18. The van der Waals surface area contributed by atoms with E-state index in [2.05, 4.69) is 9.88 Å². The summed E-state index contributed by atoms with van der Waals surface area (Å²) in [4.78, 5) is 24.1. The van der Waals surface area contributed by atoms with Crippen molar-refractivity contribution >= 4 is 11.9 Å². The fraction of sp³-hybridized carbons (Fsp3) is 0.500. The molecule has 2 atom stereocenters. The Morgan fingerprint density at radius 2 is 1.17 bits per heavy atom. The van der Waals surface area contributed by atoms with Crippen LogP contribution in [0.5, 0.6) is 0 Å². The van der Waals surface area contributed by atoms with Crippen LogP contribution in [0.15, 0.2) is 0 Å². The minimum Gasteiger partial charge on any atom is -0.251 e. The molecule has 0 spiro atoms. The Labute approximate surface area is 62.8 Å². The second-order valence-corrected chi connectivity index (χ2v) is 1.60. The van der Waals surface area contributed by atoms with Crippen LogP contribution in [-0.2, 0) is 19.5 Å². The van der Waals surface area contributed by atoms with Crippen LogP contribution in [0.25, 0.3) is 0 Å². The maximum atomic E-state index is 12.1. The van der Waals surface area contributed by atoms with Gasteiger partial charge >= 0.3 is 11.9 Å². The minimum absolute atomic E-state index is 2.24. The standard InChI is InChI=1S/C4H2F4O4/c5-1(3(9)11-7)2(6)4(10)12-8/h1-2H. The lowest BCUT2D eigenvalue weighted by Gasteiger charge is -2.04. The molecule has 0 N–H and O–H groups in total. The number of rotatable bonds is 3. The lowest BCUT2D eigenvalue weighted by Crippen LogP contribution is -2.33. The smallest absolute Gasteiger partial charge is 0.251 e. The molecule has 70 valence electrons. The number of carbonyl (C=O) groups is 2. The summed E-state index contributed by atoms with van der Waals surface area (Å²) in [5.74, 6) is -4.54. The zero-order valence-corrected chi connectivity index (χ0v) is 5.30. The van der Waals surface area contributed by atoms with E-state index in [0.29, 0.717) is 0 Å². The molecule has 0 aliphatic heterocycles. The number of hydrogen-bond donors (Lipinski definition) is 0. The number of alkyl halides is 2. The highest BCUT2D eigenvalue weighted by molar-refractivity contribution is 5.84. The molecule has 0 aliphatic rings. The van der Waals surface area contributed by atoms with Gasteiger partial charge in [-0.1, -0.05) is 0 Å². The van der Waals surface area contributed by atoms with Gasteiger partial charge in [0.1, 0.15) is 0 Å². The first kappa shape index (κ1) is 10.7. The van der Waals surface area contributed by atoms with Crippen LogP contribution in [0.4, 0.5) is 17.8 Å². The van der Waals surface area contributed by atoms with E-state index < -0.39 is 24.3 Å². The first-order valence-corrected chi connectivity index (χ1v) is 2.47. The Kier molecular flexibility index (Phi) is 4.02. The third-order valence-corrected chi connectivity index (χ3v) is 0.859. The van der Waals surface area contributed by atoms with Crippen LogP contribution in [0, 0.1) is 0 Å². The average Bonchev–Trinajstić information content (AvgIpc) is 2.12. The number of halogens is 4. The molecule has 0 aromatic rings. The fourth-order valence-electron chi connectivity index (χ4n) is 0.324. The first-order chi connectivity index (χ1) is 5.54. The third kappa shape index (κ3) is 2.36. The van der Waals surface area contributed by atoms with Gasteiger partial charge in [-0.05, 0) is 0 Å². The Hall–Kier alpha value is -1.34. The Bertz CT molecular complexity index is 164. The summed E-state index contributed by atoms with van der Waals surface area (Å²) in [5, 5.41) is 0. The van der Waals surface area contributed by atoms with Gasteiger partial charge in [0.25, 0.3) is 0 Å². The summed E-state index contributed by atoms with van der Waals surface area (Å²) < 4.78 is 45.9. The van der Waals surface area contributed by atoms with E-state index in [4.69, 9.17) is 0 Å². The highest BCUT2D eigenvalue weighted by Gasteiger charge is 2.38. The summed E-state index contributed by atoms with van der Waals surface area (Å²) in [7, 11) is 0. The van der Waals surface area contributed by atoms with Gasteiger partial charge in [-0.25, -0.2) is 18.4 Å². The molecule has 0 bridgehead atoms. The van der Waals surface area contributed by atoms with Gasteiger partial charge in [-0.2, -0.15) is 0 Å². The highest BCUT2D eigenvalue weighted by atomic mass is 19.3. The van der Waals surface area contributed by atoms with Gasteiger partial charge in [-0.3, -0.25) is 9.88 Å². The lowest BCUT2D eigenvalue weighted by molar-refractivity contribution is -0.204. The first-order valence-electron chi connectivity index (χ1n) is 2.47. The quantitative estimate of drug-likeness (QED) is 0.608. The predicted octanol–water partition coefficient (Wildman–Crippen LogP) is 0.518. The van der Waals surface area contributed by atoms with Crippen molar-refractivity contribution in [3.8, 4) is 0 Å². The summed E-state index contributed by atoms with van der Waals surface area (Å²) >= 11 is 0. The van der Waals surface area contributed by atoms with Gasteiger partial charge < -0.3 is 0 Å². The molecule has 0 aliphatic carbocycles. The molecule has 2 unspecified atom stereocenters. The molecule has 0 radical (unpaired) electrons. The second kappa shape index (κ2) is 4.52. The SMILES string of the molecule is O=C(OF)C(F)C(F)C(=O)OF. The van der Waals surface area contributed by atoms with Crippen LogP contribution >= 0.6 is 0 Å². The van der Waals surface area contributed by atoms with Gasteiger partial charge in [0.2, 0.25) is 12.3 Å². The van der Waals surface area contributed by atoms with E-state index in [1.807, 2.05) is 0 Å². The topological polar surface area (TPSA) is 52.6 Å². The Morgan fingerprint density at radius 1 is 0.917 bits per heavy atom. The van der Waals surface area contributed by atoms with E-state index >= 15 is 0 Å². The number of hydrogen-bond acceptors (Lipinski definition) is 4. The van der Waals surface area contributed by atoms with Crippen LogP contribution in [-0.4, -0.2) is 24.3 Å². The summed E-state index contributed by atoms with van der Waals surface area (Å²) in [6.07, 6.45) is -6.48. The van der Waals surface area contributed by atoms with Crippen molar-refractivity contribution in [2.75, 3.05) is 0 Å². The molecular weight excluding hydrogens is 188 g/mol. The van der Waals surface area contributed by atoms with Crippen molar-refractivity contribution in [3.63, 3.8) is 0 Å². The summed E-state index contributed by atoms with van der Waals surface area (Å²) in [6, 6.07) is 0. The molecule has 0 aromatic heterocycles. The van der Waals surface area contributed by atoms with Crippen LogP contribution in [0.3, 0.4) is 0 Å². The highest BCUT2D eigenvalue weighted by Crippen LogP contribution is 2.08. The monoisotopic (exact) mass is 190 g/mol. The molecule has 0 fully saturated rings. The van der Waals surface area contributed by atoms with Crippen LogP contribution in [0.2, 0.25) is 0 Å². The Morgan fingerprint density at radius 3 is 1.33 bits per heavy atom. The van der Waals surface area contributed by atoms with Crippen LogP contribution in [0.1, 0.15) is 0 Å². The molecular formula is C4H2F4O4. The number of carbonyl (C=O) groups excluding carboxylic acids is 2. The van der Waals surface area contributed by atoms with Gasteiger partial charge in [0.05, 0.1) is 0 Å². The van der Waals surface area contributed by atoms with Crippen molar-refractivity contribution < 1.29 is 37.3 Å². The lowest BCUT2D eigenvalue weighted by atomic mass is 10.2. The maximum Gasteiger partial charge on any atom is 0.386 e. The third-order valence-electron chi connectivity index (χ3n) is 0.859. The zero-order valence-electron chi connectivity index (χ0n) is 5.30. The molecule has 0 saturated heterocycles. The second-order valence-electron chi connectivity index (χ2n) is 1.60. The van der Waals surface area contributed by atoms with E-state index in [1.165, 1.54) is 0 Å². The molecule has 12 heavy (non-hydrogen) atoms. The van der Waals surface area contributed by atoms with Crippen molar-refractivity contribution in [2.45, 2.75) is 12.3 Å². The minimum atomic E-state index is -3.24. The zero-order chi connectivity index (χ0) is 9.72. The normalized spacial score (nSPS) is 14.7. The molecule has 0 rings (SSSR count).